The number of alkyl halides is 3. The van der Waals surface area contributed by atoms with Crippen molar-refractivity contribution < 1.29 is 27.2 Å². The summed E-state index contributed by atoms with van der Waals surface area (Å²) in [5, 5.41) is 7.84. The molecule has 1 saturated carbocycles. The van der Waals surface area contributed by atoms with Crippen LogP contribution >= 0.6 is 0 Å². The van der Waals surface area contributed by atoms with E-state index in [1.807, 2.05) is 0 Å². The summed E-state index contributed by atoms with van der Waals surface area (Å²) in [6.07, 6.45) is -1.64. The lowest BCUT2D eigenvalue weighted by Crippen LogP contribution is -2.34. The van der Waals surface area contributed by atoms with Crippen LogP contribution in [0.25, 0.3) is 0 Å². The highest BCUT2D eigenvalue weighted by Crippen LogP contribution is 2.37. The lowest BCUT2D eigenvalue weighted by molar-refractivity contribution is -0.137. The van der Waals surface area contributed by atoms with Crippen molar-refractivity contribution in [3.05, 3.63) is 35.8 Å². The van der Waals surface area contributed by atoms with Gasteiger partial charge in [-0.25, -0.2) is 9.37 Å². The van der Waals surface area contributed by atoms with Crippen molar-refractivity contribution in [2.45, 2.75) is 44.8 Å². The number of primary amides is 1. The Kier molecular flexibility index (Phi) is 6.80. The van der Waals surface area contributed by atoms with Crippen LogP contribution in [0.4, 0.5) is 40.7 Å². The molecule has 172 valence electrons. The molecule has 5 N–H and O–H groups in total. The molecule has 32 heavy (non-hydrogen) atoms. The minimum absolute atomic E-state index is 0.0169. The number of carbonyl (C=O) groups excluding carboxylic acids is 2. The van der Waals surface area contributed by atoms with E-state index in [1.165, 1.54) is 13.0 Å². The van der Waals surface area contributed by atoms with E-state index in [4.69, 9.17) is 5.73 Å². The molecule has 0 saturated heterocycles. The van der Waals surface area contributed by atoms with Crippen LogP contribution in [0.2, 0.25) is 0 Å². The molecule has 1 aliphatic carbocycles. The summed E-state index contributed by atoms with van der Waals surface area (Å²) in [5.74, 6) is -2.60. The second kappa shape index (κ2) is 9.37. The van der Waals surface area contributed by atoms with Gasteiger partial charge in [0.05, 0.1) is 11.4 Å². The largest absolute Gasteiger partial charge is 0.421 e. The third-order valence-electron chi connectivity index (χ3n) is 5.05. The second-order valence-electron chi connectivity index (χ2n) is 7.56. The highest BCUT2D eigenvalue weighted by molar-refractivity contribution is 5.93. The molecule has 1 aromatic carbocycles. The van der Waals surface area contributed by atoms with Gasteiger partial charge in [0.2, 0.25) is 17.8 Å². The van der Waals surface area contributed by atoms with Crippen LogP contribution in [-0.2, 0) is 15.8 Å². The normalized spacial score (nSPS) is 18.7. The Bertz CT molecular complexity index is 1010. The Labute approximate surface area is 181 Å². The summed E-state index contributed by atoms with van der Waals surface area (Å²) in [6, 6.07) is 2.97. The van der Waals surface area contributed by atoms with Gasteiger partial charge in [0.1, 0.15) is 17.2 Å². The number of hydrogen-bond donors (Lipinski definition) is 4. The van der Waals surface area contributed by atoms with Gasteiger partial charge in [-0.3, -0.25) is 9.59 Å². The molecule has 1 aromatic heterocycles. The second-order valence-corrected chi connectivity index (χ2v) is 7.56. The maximum Gasteiger partial charge on any atom is 0.421 e. The van der Waals surface area contributed by atoms with Crippen LogP contribution in [0.15, 0.2) is 24.4 Å². The molecular weight excluding hydrogens is 432 g/mol. The number of halogens is 4. The molecule has 1 fully saturated rings. The van der Waals surface area contributed by atoms with E-state index < -0.39 is 35.2 Å². The smallest absolute Gasteiger partial charge is 0.369 e. The summed E-state index contributed by atoms with van der Waals surface area (Å²) >= 11 is 0. The first-order chi connectivity index (χ1) is 15.0. The van der Waals surface area contributed by atoms with Crippen molar-refractivity contribution in [1.29, 1.82) is 0 Å². The Balaban J connectivity index is 1.91. The average molecular weight is 454 g/mol. The molecule has 1 aliphatic rings. The Hall–Kier alpha value is -3.44. The van der Waals surface area contributed by atoms with Crippen LogP contribution in [0, 0.1) is 11.7 Å². The summed E-state index contributed by atoms with van der Waals surface area (Å²) in [7, 11) is 0. The van der Waals surface area contributed by atoms with Crippen LogP contribution in [0.5, 0.6) is 0 Å². The van der Waals surface area contributed by atoms with Crippen LogP contribution in [-0.4, -0.2) is 27.8 Å². The fraction of sp³-hybridized carbons (Fsp3) is 0.400. The van der Waals surface area contributed by atoms with Crippen molar-refractivity contribution in [2.24, 2.45) is 11.7 Å². The molecule has 8 nitrogen and oxygen atoms in total. The van der Waals surface area contributed by atoms with E-state index in [9.17, 15) is 27.2 Å². The predicted octanol–water partition coefficient (Wildman–Crippen LogP) is 3.79. The van der Waals surface area contributed by atoms with Gasteiger partial charge < -0.3 is 21.7 Å². The number of hydrogen-bond acceptors (Lipinski definition) is 6. The molecule has 12 heteroatoms. The van der Waals surface area contributed by atoms with Crippen LogP contribution < -0.4 is 21.7 Å². The number of nitrogens with two attached hydrogens (primary N) is 1. The van der Waals surface area contributed by atoms with Gasteiger partial charge in [0, 0.05) is 25.1 Å². The number of nitrogens with zero attached hydrogens (tertiary/aromatic N) is 2. The molecule has 0 radical (unpaired) electrons. The third kappa shape index (κ3) is 5.83. The topological polar surface area (TPSA) is 122 Å². The third-order valence-corrected chi connectivity index (χ3v) is 5.05. The van der Waals surface area contributed by atoms with Gasteiger partial charge in [-0.15, -0.1) is 0 Å². The van der Waals surface area contributed by atoms with E-state index in [-0.39, 0.29) is 29.3 Å². The maximum absolute atomic E-state index is 13.6. The summed E-state index contributed by atoms with van der Waals surface area (Å²) < 4.78 is 54.2. The standard InChI is InChI=1S/C20H22F4N6O2/c1-10(31)27-16-8-12(21)5-6-15(16)29-18-14(20(22,23)24)9-26-19(30-18)28-13-4-2-3-11(7-13)17(25)32/h5-6,8-9,11,13H,2-4,7H2,1H3,(H2,25,32)(H,27,31)(H2,26,28,29,30). The minimum atomic E-state index is -4.77. The zero-order valence-electron chi connectivity index (χ0n) is 17.1. The van der Waals surface area contributed by atoms with Gasteiger partial charge in [-0.05, 0) is 37.5 Å². The number of anilines is 4. The highest BCUT2D eigenvalue weighted by Gasteiger charge is 2.36. The summed E-state index contributed by atoms with van der Waals surface area (Å²) in [6.45, 7) is 1.19. The van der Waals surface area contributed by atoms with Gasteiger partial charge in [0.25, 0.3) is 0 Å². The molecule has 2 amide bonds. The van der Waals surface area contributed by atoms with Crippen LogP contribution in [0.3, 0.4) is 0 Å². The molecule has 3 rings (SSSR count). The summed E-state index contributed by atoms with van der Waals surface area (Å²) in [4.78, 5) is 30.6. The van der Waals surface area contributed by atoms with E-state index in [1.54, 1.807) is 0 Å². The molecule has 0 spiro atoms. The van der Waals surface area contributed by atoms with Gasteiger partial charge in [-0.2, -0.15) is 18.2 Å². The Morgan fingerprint density at radius 3 is 2.59 bits per heavy atom. The highest BCUT2D eigenvalue weighted by atomic mass is 19.4. The van der Waals surface area contributed by atoms with Gasteiger partial charge in [0.15, 0.2) is 0 Å². The van der Waals surface area contributed by atoms with E-state index in [2.05, 4.69) is 25.9 Å². The lowest BCUT2D eigenvalue weighted by Gasteiger charge is -2.28. The Morgan fingerprint density at radius 2 is 1.94 bits per heavy atom. The molecule has 0 bridgehead atoms. The van der Waals surface area contributed by atoms with E-state index in [0.29, 0.717) is 25.5 Å². The maximum atomic E-state index is 13.6. The monoisotopic (exact) mass is 454 g/mol. The zero-order valence-corrected chi connectivity index (χ0v) is 17.1. The molecule has 2 unspecified atom stereocenters. The van der Waals surface area contributed by atoms with Crippen molar-refractivity contribution in [1.82, 2.24) is 9.97 Å². The molecular formula is C20H22F4N6O2. The van der Waals surface area contributed by atoms with Crippen molar-refractivity contribution in [3.63, 3.8) is 0 Å². The number of aromatic nitrogens is 2. The van der Waals surface area contributed by atoms with Gasteiger partial charge in [-0.1, -0.05) is 6.42 Å². The van der Waals surface area contributed by atoms with Gasteiger partial charge >= 0.3 is 6.18 Å². The molecule has 2 aromatic rings. The minimum Gasteiger partial charge on any atom is -0.369 e. The number of carbonyl (C=O) groups is 2. The number of amides is 2. The van der Waals surface area contributed by atoms with E-state index >= 15 is 0 Å². The fourth-order valence-electron chi connectivity index (χ4n) is 3.56. The number of benzene rings is 1. The SMILES string of the molecule is CC(=O)Nc1cc(F)ccc1Nc1nc(NC2CCCC(C(N)=O)C2)ncc1C(F)(F)F. The fourth-order valence-corrected chi connectivity index (χ4v) is 3.56. The van der Waals surface area contributed by atoms with Crippen LogP contribution in [0.1, 0.15) is 38.2 Å². The number of nitrogens with one attached hydrogen (secondary N) is 3. The van der Waals surface area contributed by atoms with E-state index in [0.717, 1.165) is 18.6 Å². The zero-order chi connectivity index (χ0) is 23.5. The quantitative estimate of drug-likeness (QED) is 0.493. The predicted molar refractivity (Wildman–Crippen MR) is 110 cm³/mol. The van der Waals surface area contributed by atoms with Crippen molar-refractivity contribution in [2.75, 3.05) is 16.0 Å². The van der Waals surface area contributed by atoms with Crippen molar-refractivity contribution >= 4 is 35.0 Å². The van der Waals surface area contributed by atoms with Crippen molar-refractivity contribution in [3.8, 4) is 0 Å². The first kappa shape index (κ1) is 23.2. The first-order valence-electron chi connectivity index (χ1n) is 9.87. The molecule has 1 heterocycles. The Morgan fingerprint density at radius 1 is 1.19 bits per heavy atom. The number of rotatable bonds is 6. The average Bonchev–Trinajstić information content (AvgIpc) is 2.69. The molecule has 0 aliphatic heterocycles. The molecule has 2 atom stereocenters. The summed E-state index contributed by atoms with van der Waals surface area (Å²) in [5.41, 5.74) is 4.20. The first-order valence-corrected chi connectivity index (χ1v) is 9.87. The lowest BCUT2D eigenvalue weighted by atomic mass is 9.85.